The van der Waals surface area contributed by atoms with E-state index in [0.29, 0.717) is 31.5 Å². The summed E-state index contributed by atoms with van der Waals surface area (Å²) in [5.74, 6) is 0.806. The molecule has 6 heteroatoms. The molecule has 2 aliphatic rings. The Morgan fingerprint density at radius 1 is 1.24 bits per heavy atom. The number of hydrogen-bond donors (Lipinski definition) is 0. The first kappa shape index (κ1) is 16.8. The maximum absolute atomic E-state index is 12.4. The molecule has 0 radical (unpaired) electrons. The molecule has 25 heavy (non-hydrogen) atoms. The number of ether oxygens (including phenoxy) is 1. The van der Waals surface area contributed by atoms with E-state index in [-0.39, 0.29) is 0 Å². The lowest BCUT2D eigenvalue weighted by Crippen LogP contribution is -2.42. The number of fused-ring (bicyclic) bond motifs is 1. The number of morpholine rings is 1. The largest absolute Gasteiger partial charge is 0.378 e. The molecule has 0 saturated carbocycles. The van der Waals surface area contributed by atoms with Crippen molar-refractivity contribution in [2.45, 2.75) is 26.2 Å². The quantitative estimate of drug-likeness (QED) is 0.845. The number of aromatic nitrogens is 1. The minimum Gasteiger partial charge on any atom is -0.378 e. The molecule has 1 amide bonds. The van der Waals surface area contributed by atoms with Crippen LogP contribution < -0.4 is 4.90 Å². The van der Waals surface area contributed by atoms with Crippen LogP contribution in [0.5, 0.6) is 0 Å². The van der Waals surface area contributed by atoms with E-state index in [4.69, 9.17) is 9.72 Å². The van der Waals surface area contributed by atoms with Crippen LogP contribution in [0.2, 0.25) is 0 Å². The molecule has 134 valence electrons. The maximum Gasteiger partial charge on any atom is 0.223 e. The highest BCUT2D eigenvalue weighted by Gasteiger charge is 2.26. The Hall–Kier alpha value is -1.66. The third kappa shape index (κ3) is 3.80. The lowest BCUT2D eigenvalue weighted by Gasteiger charge is -2.33. The number of rotatable bonds is 3. The molecular formula is C19H25N3O2S. The van der Waals surface area contributed by atoms with Crippen molar-refractivity contribution in [1.29, 1.82) is 0 Å². The second kappa shape index (κ2) is 7.30. The van der Waals surface area contributed by atoms with Gasteiger partial charge in [0, 0.05) is 32.6 Å². The average molecular weight is 359 g/mol. The van der Waals surface area contributed by atoms with Crippen molar-refractivity contribution in [2.75, 3.05) is 44.3 Å². The molecule has 0 spiro atoms. The van der Waals surface area contributed by atoms with Gasteiger partial charge in [-0.25, -0.2) is 4.98 Å². The predicted octanol–water partition coefficient (Wildman–Crippen LogP) is 3.07. The van der Waals surface area contributed by atoms with Crippen LogP contribution in [0.4, 0.5) is 5.13 Å². The van der Waals surface area contributed by atoms with Crippen LogP contribution in [0, 0.1) is 12.8 Å². The second-order valence-corrected chi connectivity index (χ2v) is 8.10. The SMILES string of the molecule is Cc1ccc2nc(N3CCC(CC(=O)N4CCOCC4)CC3)sc2c1. The molecule has 0 N–H and O–H groups in total. The van der Waals surface area contributed by atoms with Gasteiger partial charge in [0.1, 0.15) is 0 Å². The average Bonchev–Trinajstić information content (AvgIpc) is 3.06. The Balaban J connectivity index is 1.33. The molecule has 5 nitrogen and oxygen atoms in total. The number of carbonyl (C=O) groups is 1. The Morgan fingerprint density at radius 2 is 2.00 bits per heavy atom. The van der Waals surface area contributed by atoms with Crippen LogP contribution in [0.1, 0.15) is 24.8 Å². The van der Waals surface area contributed by atoms with Crippen molar-refractivity contribution < 1.29 is 9.53 Å². The molecule has 0 unspecified atom stereocenters. The number of nitrogens with zero attached hydrogens (tertiary/aromatic N) is 3. The van der Waals surface area contributed by atoms with Crippen LogP contribution in [0.25, 0.3) is 10.2 Å². The third-order valence-electron chi connectivity index (χ3n) is 5.24. The van der Waals surface area contributed by atoms with Gasteiger partial charge in [-0.15, -0.1) is 0 Å². The first-order chi connectivity index (χ1) is 12.2. The molecule has 0 atom stereocenters. The number of thiazole rings is 1. The van der Waals surface area contributed by atoms with Crippen LogP contribution >= 0.6 is 11.3 Å². The second-order valence-electron chi connectivity index (χ2n) is 7.10. The Kier molecular flexibility index (Phi) is 4.90. The molecule has 0 aliphatic carbocycles. The maximum atomic E-state index is 12.4. The minimum atomic E-state index is 0.303. The monoisotopic (exact) mass is 359 g/mol. The number of benzene rings is 1. The molecule has 2 aliphatic heterocycles. The smallest absolute Gasteiger partial charge is 0.223 e. The van der Waals surface area contributed by atoms with Crippen molar-refractivity contribution in [2.24, 2.45) is 5.92 Å². The summed E-state index contributed by atoms with van der Waals surface area (Å²) in [6, 6.07) is 6.44. The van der Waals surface area contributed by atoms with E-state index in [1.165, 1.54) is 10.3 Å². The summed E-state index contributed by atoms with van der Waals surface area (Å²) in [6.45, 7) is 6.99. The van der Waals surface area contributed by atoms with Crippen LogP contribution in [-0.2, 0) is 9.53 Å². The Bertz CT molecular complexity index is 746. The van der Waals surface area contributed by atoms with Crippen molar-refractivity contribution in [3.8, 4) is 0 Å². The normalized spacial score (nSPS) is 19.6. The van der Waals surface area contributed by atoms with Gasteiger partial charge in [0.2, 0.25) is 5.91 Å². The van der Waals surface area contributed by atoms with Gasteiger partial charge in [0.05, 0.1) is 23.4 Å². The van der Waals surface area contributed by atoms with E-state index in [1.807, 2.05) is 4.90 Å². The number of piperidine rings is 1. The van der Waals surface area contributed by atoms with Crippen LogP contribution in [0.15, 0.2) is 18.2 Å². The molecule has 0 bridgehead atoms. The highest BCUT2D eigenvalue weighted by Crippen LogP contribution is 2.32. The fraction of sp³-hybridized carbons (Fsp3) is 0.579. The van der Waals surface area contributed by atoms with E-state index in [2.05, 4.69) is 30.0 Å². The van der Waals surface area contributed by atoms with Gasteiger partial charge in [-0.3, -0.25) is 4.79 Å². The first-order valence-corrected chi connectivity index (χ1v) is 9.98. The molecule has 2 saturated heterocycles. The lowest BCUT2D eigenvalue weighted by molar-refractivity contribution is -0.136. The van der Waals surface area contributed by atoms with Gasteiger partial charge in [0.15, 0.2) is 5.13 Å². The van der Waals surface area contributed by atoms with Crippen molar-refractivity contribution in [1.82, 2.24) is 9.88 Å². The minimum absolute atomic E-state index is 0.303. The lowest BCUT2D eigenvalue weighted by atomic mass is 9.93. The van der Waals surface area contributed by atoms with Crippen molar-refractivity contribution in [3.63, 3.8) is 0 Å². The topological polar surface area (TPSA) is 45.7 Å². The van der Waals surface area contributed by atoms with E-state index < -0.39 is 0 Å². The zero-order valence-corrected chi connectivity index (χ0v) is 15.6. The predicted molar refractivity (Wildman–Crippen MR) is 101 cm³/mol. The van der Waals surface area contributed by atoms with Gasteiger partial charge in [-0.1, -0.05) is 17.4 Å². The highest BCUT2D eigenvalue weighted by molar-refractivity contribution is 7.22. The molecule has 1 aromatic carbocycles. The van der Waals surface area contributed by atoms with Gasteiger partial charge in [0.25, 0.3) is 0 Å². The number of anilines is 1. The van der Waals surface area contributed by atoms with E-state index in [1.54, 1.807) is 11.3 Å². The van der Waals surface area contributed by atoms with Crippen LogP contribution in [-0.4, -0.2) is 55.2 Å². The summed E-state index contributed by atoms with van der Waals surface area (Å²) in [6.07, 6.45) is 2.84. The fourth-order valence-electron chi connectivity index (χ4n) is 3.67. The summed E-state index contributed by atoms with van der Waals surface area (Å²) in [7, 11) is 0. The van der Waals surface area contributed by atoms with E-state index in [0.717, 1.165) is 49.7 Å². The number of aryl methyl sites for hydroxylation is 1. The van der Waals surface area contributed by atoms with Gasteiger partial charge < -0.3 is 14.5 Å². The fourth-order valence-corrected chi connectivity index (χ4v) is 4.79. The zero-order chi connectivity index (χ0) is 17.2. The number of amides is 1. The summed E-state index contributed by atoms with van der Waals surface area (Å²) in [4.78, 5) is 21.6. The van der Waals surface area contributed by atoms with Crippen molar-refractivity contribution >= 4 is 32.6 Å². The Labute approximate surface area is 152 Å². The standard InChI is InChI=1S/C19H25N3O2S/c1-14-2-3-16-17(12-14)25-19(20-16)22-6-4-15(5-7-22)13-18(23)21-8-10-24-11-9-21/h2-3,12,15H,4-11,13H2,1H3. The zero-order valence-electron chi connectivity index (χ0n) is 14.7. The summed E-state index contributed by atoms with van der Waals surface area (Å²) < 4.78 is 6.59. The summed E-state index contributed by atoms with van der Waals surface area (Å²) >= 11 is 1.78. The first-order valence-electron chi connectivity index (χ1n) is 9.17. The molecule has 1 aromatic heterocycles. The Morgan fingerprint density at radius 3 is 2.76 bits per heavy atom. The van der Waals surface area contributed by atoms with Gasteiger partial charge >= 0.3 is 0 Å². The molecular weight excluding hydrogens is 334 g/mol. The number of hydrogen-bond acceptors (Lipinski definition) is 5. The van der Waals surface area contributed by atoms with E-state index >= 15 is 0 Å². The summed E-state index contributed by atoms with van der Waals surface area (Å²) in [5, 5.41) is 1.12. The van der Waals surface area contributed by atoms with Gasteiger partial charge in [-0.05, 0) is 43.4 Å². The highest BCUT2D eigenvalue weighted by atomic mass is 32.1. The van der Waals surface area contributed by atoms with Gasteiger partial charge in [-0.2, -0.15) is 0 Å². The van der Waals surface area contributed by atoms with E-state index in [9.17, 15) is 4.79 Å². The molecule has 3 heterocycles. The third-order valence-corrected chi connectivity index (χ3v) is 6.32. The summed E-state index contributed by atoms with van der Waals surface area (Å²) in [5.41, 5.74) is 2.37. The van der Waals surface area contributed by atoms with Crippen LogP contribution in [0.3, 0.4) is 0 Å². The molecule has 2 fully saturated rings. The molecule has 4 rings (SSSR count). The number of carbonyl (C=O) groups excluding carboxylic acids is 1. The molecule has 2 aromatic rings. The van der Waals surface area contributed by atoms with Crippen molar-refractivity contribution in [3.05, 3.63) is 23.8 Å².